The van der Waals surface area contributed by atoms with Gasteiger partial charge in [0.15, 0.2) is 16.8 Å². The lowest BCUT2D eigenvalue weighted by Crippen LogP contribution is -2.05. The Morgan fingerprint density at radius 2 is 2.12 bits per heavy atom. The average Bonchev–Trinajstić information content (AvgIpc) is 3.30. The smallest absolute Gasteiger partial charge is 0.192 e. The molecule has 0 amide bonds. The lowest BCUT2D eigenvalue weighted by Gasteiger charge is -2.06. The first-order valence-corrected chi connectivity index (χ1v) is 9.47. The number of ketones is 1. The minimum Gasteiger partial charge on any atom is -0.497 e. The highest BCUT2D eigenvalue weighted by atomic mass is 32.2. The number of thioether (sulfide) groups is 1. The number of aromatic nitrogens is 3. The van der Waals surface area contributed by atoms with E-state index in [0.29, 0.717) is 23.0 Å². The fourth-order valence-electron chi connectivity index (χ4n) is 2.27. The van der Waals surface area contributed by atoms with E-state index in [2.05, 4.69) is 16.8 Å². The summed E-state index contributed by atoms with van der Waals surface area (Å²) >= 11 is 2.99. The van der Waals surface area contributed by atoms with Crippen LogP contribution in [0.2, 0.25) is 0 Å². The number of hydrogen-bond acceptors (Lipinski definition) is 6. The number of allylic oxidation sites excluding steroid dienone is 1. The van der Waals surface area contributed by atoms with E-state index in [1.54, 1.807) is 48.8 Å². The first-order chi connectivity index (χ1) is 12.2. The summed E-state index contributed by atoms with van der Waals surface area (Å²) < 4.78 is 7.09. The van der Waals surface area contributed by atoms with Crippen LogP contribution < -0.4 is 4.74 Å². The summed E-state index contributed by atoms with van der Waals surface area (Å²) in [6.45, 7) is 4.39. The topological polar surface area (TPSA) is 57.0 Å². The minimum absolute atomic E-state index is 0.0403. The van der Waals surface area contributed by atoms with Crippen LogP contribution in [0.5, 0.6) is 5.75 Å². The minimum atomic E-state index is 0.0403. The number of Topliss-reactive ketones (excluding diaryl/α,β-unsaturated/α-hetero) is 1. The predicted octanol–water partition coefficient (Wildman–Crippen LogP) is 4.18. The molecule has 3 aromatic rings. The van der Waals surface area contributed by atoms with E-state index < -0.39 is 0 Å². The van der Waals surface area contributed by atoms with Crippen LogP contribution in [0.3, 0.4) is 0 Å². The number of rotatable bonds is 8. The van der Waals surface area contributed by atoms with E-state index in [4.69, 9.17) is 4.74 Å². The molecular formula is C18H17N3O2S2. The lowest BCUT2D eigenvalue weighted by molar-refractivity contribution is 0.102. The van der Waals surface area contributed by atoms with Crippen molar-refractivity contribution in [2.24, 2.45) is 0 Å². The number of ether oxygens (including phenoxy) is 1. The van der Waals surface area contributed by atoms with E-state index in [1.807, 2.05) is 22.1 Å². The second kappa shape index (κ2) is 8.13. The van der Waals surface area contributed by atoms with Gasteiger partial charge in [-0.2, -0.15) is 0 Å². The van der Waals surface area contributed by atoms with Gasteiger partial charge in [0.2, 0.25) is 0 Å². The molecule has 0 saturated carbocycles. The zero-order valence-corrected chi connectivity index (χ0v) is 15.3. The highest BCUT2D eigenvalue weighted by Crippen LogP contribution is 2.27. The molecule has 25 heavy (non-hydrogen) atoms. The van der Waals surface area contributed by atoms with Gasteiger partial charge in [0, 0.05) is 12.1 Å². The molecular weight excluding hydrogens is 354 g/mol. The standard InChI is InChI=1S/C18H17N3O2S2/c1-3-10-21-17(16-5-4-11-24-16)19-20-18(21)25-12-15(22)13-6-8-14(23-2)9-7-13/h3-9,11H,1,10,12H2,2H3. The molecule has 0 fully saturated rings. The van der Waals surface area contributed by atoms with Crippen molar-refractivity contribution in [2.45, 2.75) is 11.7 Å². The third-order valence-corrected chi connectivity index (χ3v) is 5.35. The Balaban J connectivity index is 1.74. The first-order valence-electron chi connectivity index (χ1n) is 7.61. The summed E-state index contributed by atoms with van der Waals surface area (Å²) in [6, 6.07) is 11.1. The van der Waals surface area contributed by atoms with Gasteiger partial charge >= 0.3 is 0 Å². The fourth-order valence-corrected chi connectivity index (χ4v) is 3.83. The molecule has 0 atom stereocenters. The van der Waals surface area contributed by atoms with Gasteiger partial charge in [0.1, 0.15) is 5.75 Å². The van der Waals surface area contributed by atoms with Crippen molar-refractivity contribution in [1.82, 2.24) is 14.8 Å². The number of benzene rings is 1. The predicted molar refractivity (Wildman–Crippen MR) is 102 cm³/mol. The number of carbonyl (C=O) groups is 1. The van der Waals surface area contributed by atoms with Gasteiger partial charge in [0.05, 0.1) is 17.7 Å². The number of hydrogen-bond donors (Lipinski definition) is 0. The molecule has 7 heteroatoms. The van der Waals surface area contributed by atoms with Crippen molar-refractivity contribution in [3.05, 3.63) is 60.0 Å². The molecule has 0 N–H and O–H groups in total. The van der Waals surface area contributed by atoms with Crippen LogP contribution in [-0.4, -0.2) is 33.4 Å². The summed E-state index contributed by atoms with van der Waals surface area (Å²) in [5.74, 6) is 1.87. The Morgan fingerprint density at radius 1 is 1.32 bits per heavy atom. The molecule has 0 aliphatic heterocycles. The van der Waals surface area contributed by atoms with Crippen molar-refractivity contribution < 1.29 is 9.53 Å². The van der Waals surface area contributed by atoms with Gasteiger partial charge in [0.25, 0.3) is 0 Å². The van der Waals surface area contributed by atoms with E-state index in [-0.39, 0.29) is 5.78 Å². The Morgan fingerprint density at radius 3 is 2.76 bits per heavy atom. The summed E-state index contributed by atoms with van der Waals surface area (Å²) in [6.07, 6.45) is 1.80. The van der Waals surface area contributed by atoms with Gasteiger partial charge < -0.3 is 4.74 Å². The van der Waals surface area contributed by atoms with Crippen LogP contribution in [0.15, 0.2) is 59.6 Å². The highest BCUT2D eigenvalue weighted by Gasteiger charge is 2.16. The van der Waals surface area contributed by atoms with Crippen LogP contribution in [0.4, 0.5) is 0 Å². The van der Waals surface area contributed by atoms with Crippen LogP contribution in [0.1, 0.15) is 10.4 Å². The highest BCUT2D eigenvalue weighted by molar-refractivity contribution is 7.99. The van der Waals surface area contributed by atoms with Gasteiger partial charge in [-0.25, -0.2) is 0 Å². The summed E-state index contributed by atoms with van der Waals surface area (Å²) in [7, 11) is 1.60. The average molecular weight is 371 g/mol. The molecule has 0 bridgehead atoms. The van der Waals surface area contributed by atoms with Gasteiger partial charge in [-0.1, -0.05) is 23.9 Å². The van der Waals surface area contributed by atoms with Crippen LogP contribution in [0, 0.1) is 0 Å². The lowest BCUT2D eigenvalue weighted by atomic mass is 10.1. The van der Waals surface area contributed by atoms with Gasteiger partial charge in [-0.05, 0) is 35.7 Å². The van der Waals surface area contributed by atoms with Gasteiger partial charge in [-0.15, -0.1) is 28.1 Å². The maximum atomic E-state index is 12.4. The molecule has 1 aromatic carbocycles. The summed E-state index contributed by atoms with van der Waals surface area (Å²) in [5.41, 5.74) is 0.654. The molecule has 0 radical (unpaired) electrons. The number of nitrogens with zero attached hydrogens (tertiary/aromatic N) is 3. The maximum absolute atomic E-state index is 12.4. The second-order valence-corrected chi connectivity index (χ2v) is 7.01. The Hall–Kier alpha value is -2.38. The molecule has 2 heterocycles. The molecule has 128 valence electrons. The normalized spacial score (nSPS) is 10.6. The van der Waals surface area contributed by atoms with Crippen molar-refractivity contribution in [3.63, 3.8) is 0 Å². The maximum Gasteiger partial charge on any atom is 0.192 e. The molecule has 0 saturated heterocycles. The van der Waals surface area contributed by atoms with Crippen molar-refractivity contribution in [3.8, 4) is 16.5 Å². The van der Waals surface area contributed by atoms with E-state index in [1.165, 1.54) is 11.8 Å². The summed E-state index contributed by atoms with van der Waals surface area (Å²) in [4.78, 5) is 13.4. The van der Waals surface area contributed by atoms with Crippen molar-refractivity contribution >= 4 is 28.9 Å². The van der Waals surface area contributed by atoms with Crippen molar-refractivity contribution in [1.29, 1.82) is 0 Å². The van der Waals surface area contributed by atoms with E-state index in [9.17, 15) is 4.79 Å². The Labute approximate surface area is 154 Å². The van der Waals surface area contributed by atoms with Crippen LogP contribution in [-0.2, 0) is 6.54 Å². The molecule has 0 unspecified atom stereocenters. The summed E-state index contributed by atoms with van der Waals surface area (Å²) in [5, 5.41) is 11.2. The number of thiophene rings is 1. The molecule has 2 aromatic heterocycles. The van der Waals surface area contributed by atoms with E-state index in [0.717, 1.165) is 16.5 Å². The third-order valence-electron chi connectivity index (χ3n) is 3.51. The molecule has 0 aliphatic carbocycles. The largest absolute Gasteiger partial charge is 0.497 e. The molecule has 0 aliphatic rings. The van der Waals surface area contributed by atoms with Crippen LogP contribution >= 0.6 is 23.1 Å². The Bertz CT molecular complexity index is 855. The van der Waals surface area contributed by atoms with Crippen LogP contribution in [0.25, 0.3) is 10.7 Å². The molecule has 5 nitrogen and oxygen atoms in total. The zero-order chi connectivity index (χ0) is 17.6. The Kier molecular flexibility index (Phi) is 5.67. The first kappa shape index (κ1) is 17.4. The quantitative estimate of drug-likeness (QED) is 0.338. The fraction of sp³-hybridized carbons (Fsp3) is 0.167. The number of carbonyl (C=O) groups excluding carboxylic acids is 1. The second-order valence-electron chi connectivity index (χ2n) is 5.12. The molecule has 0 spiro atoms. The zero-order valence-electron chi connectivity index (χ0n) is 13.7. The SMILES string of the molecule is C=CCn1c(SCC(=O)c2ccc(OC)cc2)nnc1-c1cccs1. The van der Waals surface area contributed by atoms with Crippen molar-refractivity contribution in [2.75, 3.05) is 12.9 Å². The number of methoxy groups -OCH3 is 1. The van der Waals surface area contributed by atoms with Gasteiger partial charge in [-0.3, -0.25) is 9.36 Å². The monoisotopic (exact) mass is 371 g/mol. The van der Waals surface area contributed by atoms with E-state index >= 15 is 0 Å². The molecule has 3 rings (SSSR count). The third kappa shape index (κ3) is 4.00.